The van der Waals surface area contributed by atoms with Gasteiger partial charge in [0, 0.05) is 5.40 Å². The minimum atomic E-state index is 0.274. The molecule has 4 saturated carbocycles. The summed E-state index contributed by atoms with van der Waals surface area (Å²) in [5.74, 6) is 0. The molecule has 0 heterocycles. The second-order valence-electron chi connectivity index (χ2n) is 11.3. The van der Waals surface area contributed by atoms with E-state index in [-0.39, 0.29) is 15.8 Å². The van der Waals surface area contributed by atoms with E-state index in [9.17, 15) is 0 Å². The highest BCUT2D eigenvalue weighted by Crippen LogP contribution is 2.73. The van der Waals surface area contributed by atoms with Crippen LogP contribution >= 0.6 is 15.8 Å². The van der Waals surface area contributed by atoms with E-state index < -0.39 is 0 Å². The van der Waals surface area contributed by atoms with E-state index in [1.165, 1.54) is 34.5 Å². The van der Waals surface area contributed by atoms with Gasteiger partial charge in [-0.15, -0.1) is 0 Å². The van der Waals surface area contributed by atoms with Crippen LogP contribution in [0.2, 0.25) is 0 Å². The van der Waals surface area contributed by atoms with Crippen LogP contribution in [0.5, 0.6) is 0 Å². The summed E-state index contributed by atoms with van der Waals surface area (Å²) in [6.45, 7) is 2.54. The largest absolute Gasteiger partial charge is 0.0927 e. The van der Waals surface area contributed by atoms with Crippen molar-refractivity contribution in [3.8, 4) is 0 Å². The lowest BCUT2D eigenvalue weighted by Gasteiger charge is -2.51. The highest BCUT2D eigenvalue weighted by Gasteiger charge is 2.44. The van der Waals surface area contributed by atoms with E-state index >= 15 is 0 Å². The predicted molar refractivity (Wildman–Crippen MR) is 140 cm³/mol. The Bertz CT molecular complexity index is 377. The van der Waals surface area contributed by atoms with Crippen molar-refractivity contribution in [2.24, 2.45) is 0 Å². The number of hydrogen-bond donors (Lipinski definition) is 0. The molecule has 4 aliphatic carbocycles. The first kappa shape index (κ1) is 24.0. The topological polar surface area (TPSA) is 0 Å². The lowest BCUT2D eigenvalue weighted by molar-refractivity contribution is 0.475. The maximum atomic E-state index is 2.54. The first-order valence-corrected chi connectivity index (χ1v) is 17.5. The lowest BCUT2D eigenvalue weighted by atomic mass is 9.99. The van der Waals surface area contributed by atoms with Gasteiger partial charge in [-0.05, 0) is 80.4 Å². The third kappa shape index (κ3) is 6.25. The van der Waals surface area contributed by atoms with E-state index in [4.69, 9.17) is 0 Å². The van der Waals surface area contributed by atoms with Gasteiger partial charge in [-0.1, -0.05) is 106 Å². The zero-order valence-electron chi connectivity index (χ0n) is 20.3. The maximum absolute atomic E-state index is 2.54. The summed E-state index contributed by atoms with van der Waals surface area (Å²) in [5.41, 5.74) is 4.69. The molecular weight excluding hydrogens is 398 g/mol. The quantitative estimate of drug-likeness (QED) is 0.323. The second kappa shape index (κ2) is 12.9. The minimum absolute atomic E-state index is 0.274. The van der Waals surface area contributed by atoms with Crippen molar-refractivity contribution in [2.75, 3.05) is 0 Å². The van der Waals surface area contributed by atoms with Crippen LogP contribution in [0.25, 0.3) is 0 Å². The van der Waals surface area contributed by atoms with E-state index in [2.05, 4.69) is 6.92 Å². The predicted octanol–water partition coefficient (Wildman–Crippen LogP) is 10.4. The van der Waals surface area contributed by atoms with Crippen LogP contribution in [0.3, 0.4) is 0 Å². The Morgan fingerprint density at radius 1 is 0.467 bits per heavy atom. The Balaban J connectivity index is 1.63. The smallest absolute Gasteiger partial charge is 0.000400 e. The van der Waals surface area contributed by atoms with Gasteiger partial charge in [0.1, 0.15) is 0 Å². The van der Waals surface area contributed by atoms with E-state index in [1.807, 2.05) is 0 Å². The van der Waals surface area contributed by atoms with Gasteiger partial charge >= 0.3 is 0 Å². The Labute approximate surface area is 192 Å². The average Bonchev–Trinajstić information content (AvgIpc) is 2.82. The summed E-state index contributed by atoms with van der Waals surface area (Å²) in [4.78, 5) is 0. The molecule has 4 rings (SSSR count). The van der Waals surface area contributed by atoms with Crippen molar-refractivity contribution in [2.45, 2.75) is 176 Å². The molecule has 0 spiro atoms. The van der Waals surface area contributed by atoms with E-state index in [0.717, 1.165) is 0 Å². The average molecular weight is 451 g/mol. The zero-order valence-corrected chi connectivity index (χ0v) is 22.1. The van der Waals surface area contributed by atoms with Crippen molar-refractivity contribution in [3.05, 3.63) is 0 Å². The molecule has 0 unspecified atom stereocenters. The standard InChI is InChI=1S/C28H52P2/c1-2-15-28(29(24-16-7-3-8-17-24)25-18-9-4-10-19-25)30(26-20-11-5-12-21-26)27-22-13-6-14-23-27/h24-28H,2-23H2,1H3. The Hall–Kier alpha value is 0.860. The van der Waals surface area contributed by atoms with Crippen LogP contribution in [0.15, 0.2) is 0 Å². The van der Waals surface area contributed by atoms with E-state index in [1.54, 1.807) is 135 Å². The van der Waals surface area contributed by atoms with Crippen LogP contribution in [0, 0.1) is 0 Å². The van der Waals surface area contributed by atoms with Crippen LogP contribution in [-0.2, 0) is 0 Å². The van der Waals surface area contributed by atoms with Gasteiger partial charge in [-0.3, -0.25) is 0 Å². The van der Waals surface area contributed by atoms with Crippen molar-refractivity contribution in [1.29, 1.82) is 0 Å². The Morgan fingerprint density at radius 3 is 0.967 bits per heavy atom. The monoisotopic (exact) mass is 450 g/mol. The van der Waals surface area contributed by atoms with Gasteiger partial charge in [0.15, 0.2) is 0 Å². The third-order valence-electron chi connectivity index (χ3n) is 9.22. The first-order valence-electron chi connectivity index (χ1n) is 14.4. The highest BCUT2D eigenvalue weighted by atomic mass is 31.2. The molecule has 0 bridgehead atoms. The van der Waals surface area contributed by atoms with Gasteiger partial charge in [0.05, 0.1) is 0 Å². The molecule has 4 aliphatic rings. The molecule has 0 aliphatic heterocycles. The molecule has 0 nitrogen and oxygen atoms in total. The van der Waals surface area contributed by atoms with Crippen LogP contribution in [-0.4, -0.2) is 28.0 Å². The lowest BCUT2D eigenvalue weighted by Crippen LogP contribution is -2.32. The fraction of sp³-hybridized carbons (Fsp3) is 1.00. The zero-order chi connectivity index (χ0) is 20.6. The number of rotatable bonds is 8. The van der Waals surface area contributed by atoms with Crippen molar-refractivity contribution in [3.63, 3.8) is 0 Å². The summed E-state index contributed by atoms with van der Waals surface area (Å²) in [7, 11) is 0.547. The molecular formula is C28H52P2. The van der Waals surface area contributed by atoms with Crippen LogP contribution in [0.1, 0.15) is 148 Å². The molecule has 30 heavy (non-hydrogen) atoms. The van der Waals surface area contributed by atoms with Crippen LogP contribution in [0.4, 0.5) is 0 Å². The first-order chi connectivity index (χ1) is 14.9. The normalized spacial score (nSPS) is 26.8. The minimum Gasteiger partial charge on any atom is -0.0927 e. The fourth-order valence-corrected chi connectivity index (χ4v) is 19.4. The molecule has 0 radical (unpaired) electrons. The summed E-state index contributed by atoms with van der Waals surface area (Å²) in [6.07, 6.45) is 34.8. The maximum Gasteiger partial charge on any atom is 0.000400 e. The van der Waals surface area contributed by atoms with Crippen molar-refractivity contribution in [1.82, 2.24) is 0 Å². The van der Waals surface area contributed by atoms with Gasteiger partial charge in [-0.2, -0.15) is 0 Å². The Morgan fingerprint density at radius 2 is 0.733 bits per heavy atom. The third-order valence-corrected chi connectivity index (χ3v) is 18.2. The molecule has 174 valence electrons. The molecule has 0 atom stereocenters. The molecule has 0 saturated heterocycles. The fourth-order valence-electron chi connectivity index (χ4n) is 7.80. The second-order valence-corrected chi connectivity index (χ2v) is 17.7. The Kier molecular flexibility index (Phi) is 10.3. The highest BCUT2D eigenvalue weighted by molar-refractivity contribution is 7.77. The van der Waals surface area contributed by atoms with Crippen LogP contribution < -0.4 is 0 Å². The van der Waals surface area contributed by atoms with Crippen molar-refractivity contribution >= 4 is 15.8 Å². The summed E-state index contributed by atoms with van der Waals surface area (Å²) >= 11 is 0. The molecule has 2 heteroatoms. The van der Waals surface area contributed by atoms with Gasteiger partial charge < -0.3 is 0 Å². The summed E-state index contributed by atoms with van der Waals surface area (Å²) in [5, 5.41) is 1.21. The van der Waals surface area contributed by atoms with Crippen molar-refractivity contribution < 1.29 is 0 Å². The van der Waals surface area contributed by atoms with E-state index in [0.29, 0.717) is 0 Å². The molecule has 0 aromatic carbocycles. The SMILES string of the molecule is CCCC(P(C1CCCCC1)C1CCCCC1)P(C1CCCCC1)C1CCCCC1. The number of hydrogen-bond acceptors (Lipinski definition) is 0. The molecule has 0 N–H and O–H groups in total. The molecule has 0 amide bonds. The summed E-state index contributed by atoms with van der Waals surface area (Å²) < 4.78 is 0. The summed E-state index contributed by atoms with van der Waals surface area (Å²) in [6, 6.07) is 0. The molecule has 0 aromatic rings. The molecule has 4 fully saturated rings. The van der Waals surface area contributed by atoms with Gasteiger partial charge in [-0.25, -0.2) is 0 Å². The molecule has 0 aromatic heterocycles. The van der Waals surface area contributed by atoms with Gasteiger partial charge in [0.25, 0.3) is 0 Å². The van der Waals surface area contributed by atoms with Gasteiger partial charge in [0.2, 0.25) is 0 Å².